The fourth-order valence-electron chi connectivity index (χ4n) is 4.25. The van der Waals surface area contributed by atoms with Gasteiger partial charge in [-0.1, -0.05) is 18.0 Å². The van der Waals surface area contributed by atoms with Gasteiger partial charge in [0.2, 0.25) is 5.91 Å². The number of nitrogens with one attached hydrogen (secondary N) is 1. The fraction of sp³-hybridized carbons (Fsp3) is 0.500. The lowest BCUT2D eigenvalue weighted by Gasteiger charge is -2.35. The number of halogens is 4. The second-order valence-electron chi connectivity index (χ2n) is 8.22. The molecule has 0 spiro atoms. The van der Waals surface area contributed by atoms with Crippen LogP contribution >= 0.6 is 22.9 Å². The molecule has 0 atom stereocenters. The summed E-state index contributed by atoms with van der Waals surface area (Å²) >= 11 is 7.56. The summed E-state index contributed by atoms with van der Waals surface area (Å²) in [6.45, 7) is 2.23. The molecule has 0 radical (unpaired) electrons. The topological polar surface area (TPSA) is 72.3 Å². The molecule has 1 amide bonds. The summed E-state index contributed by atoms with van der Waals surface area (Å²) in [4.78, 5) is 21.6. The number of pyridine rings is 1. The highest BCUT2D eigenvalue weighted by atomic mass is 35.5. The number of piperazine rings is 1. The highest BCUT2D eigenvalue weighted by Crippen LogP contribution is 2.37. The van der Waals surface area contributed by atoms with Gasteiger partial charge in [0.05, 0.1) is 22.7 Å². The molecular formula is C22H23ClF3N5OS. The Hall–Kier alpha value is -2.35. The van der Waals surface area contributed by atoms with E-state index in [2.05, 4.69) is 16.4 Å². The Morgan fingerprint density at radius 1 is 1.21 bits per heavy atom. The Kier molecular flexibility index (Phi) is 7.12. The first-order chi connectivity index (χ1) is 15.8. The van der Waals surface area contributed by atoms with E-state index in [1.807, 2.05) is 9.80 Å². The molecule has 3 heterocycles. The molecular weight excluding hydrogens is 475 g/mol. The molecule has 1 fully saturated rings. The van der Waals surface area contributed by atoms with Gasteiger partial charge in [-0.2, -0.15) is 18.4 Å². The van der Waals surface area contributed by atoms with E-state index in [0.717, 1.165) is 49.9 Å². The second-order valence-corrected chi connectivity index (χ2v) is 9.73. The largest absolute Gasteiger partial charge is 0.417 e. The Labute approximate surface area is 199 Å². The van der Waals surface area contributed by atoms with Crippen LogP contribution in [0.25, 0.3) is 0 Å². The minimum Gasteiger partial charge on any atom is -0.353 e. The molecule has 1 saturated heterocycles. The summed E-state index contributed by atoms with van der Waals surface area (Å²) in [5.41, 5.74) is 0.803. The van der Waals surface area contributed by atoms with Gasteiger partial charge in [0, 0.05) is 37.3 Å². The molecule has 0 bridgehead atoms. The lowest BCUT2D eigenvalue weighted by molar-refractivity contribution is -0.137. The lowest BCUT2D eigenvalue weighted by Crippen LogP contribution is -2.49. The normalized spacial score (nSPS) is 17.2. The molecule has 176 valence electrons. The van der Waals surface area contributed by atoms with Crippen LogP contribution in [0, 0.1) is 11.3 Å². The molecule has 2 aromatic rings. The first-order valence-electron chi connectivity index (χ1n) is 10.8. The molecule has 6 nitrogen and oxygen atoms in total. The van der Waals surface area contributed by atoms with E-state index in [-0.39, 0.29) is 17.5 Å². The third kappa shape index (κ3) is 5.42. The number of nitrogens with zero attached hydrogens (tertiary/aromatic N) is 4. The zero-order valence-corrected chi connectivity index (χ0v) is 19.4. The highest BCUT2D eigenvalue weighted by molar-refractivity contribution is 7.16. The summed E-state index contributed by atoms with van der Waals surface area (Å²) in [6, 6.07) is 3.16. The molecule has 0 aromatic carbocycles. The van der Waals surface area contributed by atoms with Gasteiger partial charge in [-0.25, -0.2) is 4.98 Å². The molecule has 1 N–H and O–H groups in total. The van der Waals surface area contributed by atoms with Crippen LogP contribution in [0.2, 0.25) is 5.02 Å². The highest BCUT2D eigenvalue weighted by Gasteiger charge is 2.32. The van der Waals surface area contributed by atoms with Crippen molar-refractivity contribution in [1.82, 2.24) is 9.88 Å². The van der Waals surface area contributed by atoms with E-state index in [1.54, 1.807) is 0 Å². The minimum absolute atomic E-state index is 0.0440. The maximum atomic E-state index is 12.8. The van der Waals surface area contributed by atoms with E-state index in [4.69, 9.17) is 11.6 Å². The van der Waals surface area contributed by atoms with Crippen LogP contribution < -0.4 is 10.2 Å². The van der Waals surface area contributed by atoms with Crippen molar-refractivity contribution >= 4 is 39.7 Å². The zero-order valence-electron chi connectivity index (χ0n) is 17.8. The summed E-state index contributed by atoms with van der Waals surface area (Å²) < 4.78 is 38.5. The summed E-state index contributed by atoms with van der Waals surface area (Å²) in [7, 11) is 0. The van der Waals surface area contributed by atoms with Crippen LogP contribution in [0.15, 0.2) is 12.3 Å². The Bertz CT molecular complexity index is 1070. The van der Waals surface area contributed by atoms with Crippen LogP contribution in [0.1, 0.15) is 40.8 Å². The SMILES string of the molecule is N#Cc1c(NC(=O)CN2CCN(c3ncc(C(F)(F)F)cc3Cl)CC2)sc2c1CCCCC2. The lowest BCUT2D eigenvalue weighted by atomic mass is 10.1. The van der Waals surface area contributed by atoms with Crippen molar-refractivity contribution in [2.45, 2.75) is 38.3 Å². The molecule has 0 saturated carbocycles. The molecule has 33 heavy (non-hydrogen) atoms. The third-order valence-corrected chi connectivity index (χ3v) is 7.46. The van der Waals surface area contributed by atoms with E-state index in [1.165, 1.54) is 16.2 Å². The van der Waals surface area contributed by atoms with Crippen molar-refractivity contribution in [2.75, 3.05) is 42.9 Å². The van der Waals surface area contributed by atoms with Crippen molar-refractivity contribution in [3.63, 3.8) is 0 Å². The average Bonchev–Trinajstić information content (AvgIpc) is 2.92. The molecule has 11 heteroatoms. The monoisotopic (exact) mass is 497 g/mol. The standard InChI is InChI=1S/C22H23ClF3N5OS/c23-17-10-14(22(24,25)26)12-28-20(17)31-8-6-30(7-9-31)13-19(32)29-21-16(11-27)15-4-2-1-3-5-18(15)33-21/h10,12H,1-9,13H2,(H,29,32). The Balaban J connectivity index is 1.34. The van der Waals surface area contributed by atoms with Gasteiger partial charge in [0.1, 0.15) is 16.9 Å². The van der Waals surface area contributed by atoms with Gasteiger partial charge in [0.25, 0.3) is 0 Å². The smallest absolute Gasteiger partial charge is 0.353 e. The van der Waals surface area contributed by atoms with Crippen LogP contribution in [0.4, 0.5) is 24.0 Å². The van der Waals surface area contributed by atoms with Crippen molar-refractivity contribution in [3.05, 3.63) is 38.9 Å². The van der Waals surface area contributed by atoms with Crippen LogP contribution in [-0.4, -0.2) is 48.5 Å². The number of thiophene rings is 1. The van der Waals surface area contributed by atoms with Crippen molar-refractivity contribution < 1.29 is 18.0 Å². The Morgan fingerprint density at radius 3 is 2.61 bits per heavy atom. The first-order valence-corrected chi connectivity index (χ1v) is 12.0. The number of carbonyl (C=O) groups excluding carboxylic acids is 1. The number of alkyl halides is 3. The number of aromatic nitrogens is 1. The van der Waals surface area contributed by atoms with Gasteiger partial charge >= 0.3 is 6.18 Å². The van der Waals surface area contributed by atoms with E-state index in [9.17, 15) is 23.2 Å². The minimum atomic E-state index is -4.49. The predicted molar refractivity (Wildman–Crippen MR) is 122 cm³/mol. The maximum absolute atomic E-state index is 12.8. The summed E-state index contributed by atoms with van der Waals surface area (Å²) in [6.07, 6.45) is 1.46. The van der Waals surface area contributed by atoms with E-state index in [0.29, 0.717) is 42.6 Å². The van der Waals surface area contributed by atoms with Crippen molar-refractivity contribution in [3.8, 4) is 6.07 Å². The van der Waals surface area contributed by atoms with Crippen molar-refractivity contribution in [1.29, 1.82) is 5.26 Å². The first kappa shape index (κ1) is 23.8. The van der Waals surface area contributed by atoms with Crippen LogP contribution in [-0.2, 0) is 23.8 Å². The molecule has 2 aromatic heterocycles. The molecule has 1 aliphatic carbocycles. The number of carbonyl (C=O) groups is 1. The van der Waals surface area contributed by atoms with Crippen LogP contribution in [0.5, 0.6) is 0 Å². The summed E-state index contributed by atoms with van der Waals surface area (Å²) in [5.74, 6) is 0.134. The van der Waals surface area contributed by atoms with Gasteiger partial charge in [-0.3, -0.25) is 9.69 Å². The molecule has 4 rings (SSSR count). The maximum Gasteiger partial charge on any atom is 0.417 e. The quantitative estimate of drug-likeness (QED) is 0.619. The molecule has 2 aliphatic rings. The number of aryl methyl sites for hydroxylation is 1. The number of hydrogen-bond acceptors (Lipinski definition) is 6. The van der Waals surface area contributed by atoms with Gasteiger partial charge in [-0.15, -0.1) is 11.3 Å². The average molecular weight is 498 g/mol. The Morgan fingerprint density at radius 2 is 1.94 bits per heavy atom. The number of rotatable bonds is 4. The van der Waals surface area contributed by atoms with E-state index < -0.39 is 11.7 Å². The van der Waals surface area contributed by atoms with Crippen LogP contribution in [0.3, 0.4) is 0 Å². The summed E-state index contributed by atoms with van der Waals surface area (Å²) in [5, 5.41) is 13.1. The predicted octanol–water partition coefficient (Wildman–Crippen LogP) is 4.72. The number of fused-ring (bicyclic) bond motifs is 1. The third-order valence-electron chi connectivity index (χ3n) is 5.97. The number of nitriles is 1. The number of amides is 1. The van der Waals surface area contributed by atoms with Gasteiger partial charge in [0.15, 0.2) is 0 Å². The van der Waals surface area contributed by atoms with Gasteiger partial charge < -0.3 is 10.2 Å². The fourth-order valence-corrected chi connectivity index (χ4v) is 5.80. The van der Waals surface area contributed by atoms with E-state index >= 15 is 0 Å². The number of hydrogen-bond donors (Lipinski definition) is 1. The second kappa shape index (κ2) is 9.87. The molecule has 0 unspecified atom stereocenters. The van der Waals surface area contributed by atoms with Gasteiger partial charge in [-0.05, 0) is 37.3 Å². The van der Waals surface area contributed by atoms with Crippen molar-refractivity contribution in [2.24, 2.45) is 0 Å². The molecule has 1 aliphatic heterocycles. The number of anilines is 2. The zero-order chi connectivity index (χ0) is 23.6.